The van der Waals surface area contributed by atoms with Crippen LogP contribution in [-0.4, -0.2) is 10.9 Å². The van der Waals surface area contributed by atoms with Crippen molar-refractivity contribution < 1.29 is 4.79 Å². The van der Waals surface area contributed by atoms with Gasteiger partial charge in [-0.2, -0.15) is 0 Å². The molecule has 5 nitrogen and oxygen atoms in total. The second kappa shape index (κ2) is 5.98. The summed E-state index contributed by atoms with van der Waals surface area (Å²) >= 11 is 2.23. The van der Waals surface area contributed by atoms with Gasteiger partial charge in [0, 0.05) is 21.0 Å². The lowest BCUT2D eigenvalue weighted by Crippen LogP contribution is -2.14. The van der Waals surface area contributed by atoms with Crippen LogP contribution >= 0.6 is 22.6 Å². The number of carbonyl (C=O) groups is 1. The molecule has 1 amide bonds. The minimum Gasteiger partial charge on any atom is -0.322 e. The molecule has 1 aromatic heterocycles. The smallest absolute Gasteiger partial charge is 0.255 e. The number of nitrogen functional groups attached to an aromatic ring is 1. The van der Waals surface area contributed by atoms with Crippen molar-refractivity contribution in [2.75, 3.05) is 10.7 Å². The number of anilines is 2. The maximum atomic E-state index is 12.1. The molecule has 0 saturated carbocycles. The van der Waals surface area contributed by atoms with Crippen LogP contribution < -0.4 is 16.6 Å². The van der Waals surface area contributed by atoms with Crippen LogP contribution in [0.25, 0.3) is 0 Å². The molecular formula is C13H13IN4O. The van der Waals surface area contributed by atoms with Gasteiger partial charge in [0.05, 0.1) is 0 Å². The van der Waals surface area contributed by atoms with Gasteiger partial charge in [0.15, 0.2) is 0 Å². The standard InChI is InChI=1S/C13H13IN4O/c1-8-2-3-10(7-11(8)14)17-13(19)9-4-5-16-12(6-9)18-15/h2-7H,15H2,1H3,(H,16,18)(H,17,19). The molecule has 0 atom stereocenters. The van der Waals surface area contributed by atoms with Crippen molar-refractivity contribution in [1.29, 1.82) is 0 Å². The Morgan fingerprint density at radius 1 is 1.32 bits per heavy atom. The summed E-state index contributed by atoms with van der Waals surface area (Å²) in [4.78, 5) is 16.0. The van der Waals surface area contributed by atoms with Crippen LogP contribution in [0.4, 0.5) is 11.5 Å². The Kier molecular flexibility index (Phi) is 4.33. The molecule has 0 fully saturated rings. The molecule has 0 bridgehead atoms. The molecule has 98 valence electrons. The van der Waals surface area contributed by atoms with Crippen LogP contribution in [-0.2, 0) is 0 Å². The van der Waals surface area contributed by atoms with Crippen LogP contribution in [0.2, 0.25) is 0 Å². The van der Waals surface area contributed by atoms with Gasteiger partial charge in [0.2, 0.25) is 0 Å². The zero-order valence-corrected chi connectivity index (χ0v) is 12.4. The van der Waals surface area contributed by atoms with Crippen molar-refractivity contribution in [3.05, 3.63) is 51.2 Å². The van der Waals surface area contributed by atoms with E-state index in [1.807, 2.05) is 25.1 Å². The van der Waals surface area contributed by atoms with E-state index in [2.05, 4.69) is 38.3 Å². The Morgan fingerprint density at radius 3 is 2.79 bits per heavy atom. The van der Waals surface area contributed by atoms with E-state index in [9.17, 15) is 4.79 Å². The molecule has 4 N–H and O–H groups in total. The van der Waals surface area contributed by atoms with Crippen LogP contribution in [0.5, 0.6) is 0 Å². The molecule has 2 rings (SSSR count). The molecule has 1 heterocycles. The summed E-state index contributed by atoms with van der Waals surface area (Å²) in [5, 5.41) is 2.84. The lowest BCUT2D eigenvalue weighted by Gasteiger charge is -2.08. The molecule has 1 aromatic carbocycles. The number of benzene rings is 1. The normalized spacial score (nSPS) is 10.1. The highest BCUT2D eigenvalue weighted by atomic mass is 127. The second-order valence-corrected chi connectivity index (χ2v) is 5.15. The highest BCUT2D eigenvalue weighted by Crippen LogP contribution is 2.18. The Bertz CT molecular complexity index is 615. The number of hydrogen-bond acceptors (Lipinski definition) is 4. The molecule has 19 heavy (non-hydrogen) atoms. The maximum Gasteiger partial charge on any atom is 0.255 e. The third-order valence-electron chi connectivity index (χ3n) is 2.60. The van der Waals surface area contributed by atoms with E-state index < -0.39 is 0 Å². The van der Waals surface area contributed by atoms with Crippen LogP contribution in [0.3, 0.4) is 0 Å². The van der Waals surface area contributed by atoms with E-state index >= 15 is 0 Å². The predicted molar refractivity (Wildman–Crippen MR) is 83.9 cm³/mol. The van der Waals surface area contributed by atoms with Crippen molar-refractivity contribution in [3.8, 4) is 0 Å². The number of aryl methyl sites for hydroxylation is 1. The summed E-state index contributed by atoms with van der Waals surface area (Å²) in [5.74, 6) is 5.52. The quantitative estimate of drug-likeness (QED) is 0.442. The first-order valence-corrected chi connectivity index (χ1v) is 6.68. The van der Waals surface area contributed by atoms with E-state index in [-0.39, 0.29) is 5.91 Å². The molecule has 0 unspecified atom stereocenters. The zero-order valence-electron chi connectivity index (χ0n) is 10.3. The summed E-state index contributed by atoms with van der Waals surface area (Å²) in [6.45, 7) is 2.02. The number of hydrazine groups is 1. The highest BCUT2D eigenvalue weighted by molar-refractivity contribution is 14.1. The fraction of sp³-hybridized carbons (Fsp3) is 0.0769. The summed E-state index contributed by atoms with van der Waals surface area (Å²) in [7, 11) is 0. The monoisotopic (exact) mass is 368 g/mol. The summed E-state index contributed by atoms with van der Waals surface area (Å²) in [6.07, 6.45) is 1.53. The Morgan fingerprint density at radius 2 is 2.11 bits per heavy atom. The van der Waals surface area contributed by atoms with E-state index in [4.69, 9.17) is 5.84 Å². The molecule has 0 aliphatic heterocycles. The fourth-order valence-corrected chi connectivity index (χ4v) is 2.04. The van der Waals surface area contributed by atoms with Gasteiger partial charge in [-0.1, -0.05) is 6.07 Å². The van der Waals surface area contributed by atoms with Crippen molar-refractivity contribution in [1.82, 2.24) is 4.98 Å². The number of nitrogens with zero attached hydrogens (tertiary/aromatic N) is 1. The maximum absolute atomic E-state index is 12.1. The fourth-order valence-electron chi connectivity index (χ4n) is 1.52. The molecule has 0 spiro atoms. The van der Waals surface area contributed by atoms with Crippen molar-refractivity contribution in [3.63, 3.8) is 0 Å². The van der Waals surface area contributed by atoms with Gasteiger partial charge >= 0.3 is 0 Å². The number of rotatable bonds is 3. The minimum absolute atomic E-state index is 0.196. The largest absolute Gasteiger partial charge is 0.322 e. The Labute approximate surface area is 124 Å². The SMILES string of the molecule is Cc1ccc(NC(=O)c2ccnc(NN)c2)cc1I. The van der Waals surface area contributed by atoms with Gasteiger partial charge in [0.25, 0.3) is 5.91 Å². The summed E-state index contributed by atoms with van der Waals surface area (Å²) in [5.41, 5.74) is 4.85. The number of aromatic nitrogens is 1. The van der Waals surface area contributed by atoms with Crippen LogP contribution in [0.1, 0.15) is 15.9 Å². The predicted octanol–water partition coefficient (Wildman–Crippen LogP) is 2.53. The number of amides is 1. The molecular weight excluding hydrogens is 355 g/mol. The van der Waals surface area contributed by atoms with Crippen molar-refractivity contribution in [2.45, 2.75) is 6.92 Å². The first-order valence-electron chi connectivity index (χ1n) is 5.60. The molecule has 6 heteroatoms. The molecule has 0 saturated heterocycles. The Hall–Kier alpha value is -1.67. The summed E-state index contributed by atoms with van der Waals surface area (Å²) < 4.78 is 1.11. The van der Waals surface area contributed by atoms with Gasteiger partial charge in [-0.15, -0.1) is 0 Å². The van der Waals surface area contributed by atoms with Gasteiger partial charge in [-0.3, -0.25) is 4.79 Å². The van der Waals surface area contributed by atoms with E-state index in [1.54, 1.807) is 12.1 Å². The molecule has 0 aliphatic carbocycles. The third-order valence-corrected chi connectivity index (χ3v) is 3.76. The van der Waals surface area contributed by atoms with Gasteiger partial charge in [0.1, 0.15) is 5.82 Å². The molecule has 0 aliphatic rings. The van der Waals surface area contributed by atoms with Crippen LogP contribution in [0.15, 0.2) is 36.5 Å². The van der Waals surface area contributed by atoms with Crippen LogP contribution in [0, 0.1) is 10.5 Å². The van der Waals surface area contributed by atoms with Gasteiger partial charge in [-0.25, -0.2) is 10.8 Å². The summed E-state index contributed by atoms with van der Waals surface area (Å²) in [6, 6.07) is 9.00. The Balaban J connectivity index is 2.18. The topological polar surface area (TPSA) is 80.0 Å². The number of halogens is 1. The third kappa shape index (κ3) is 3.42. The van der Waals surface area contributed by atoms with Crippen molar-refractivity contribution >= 4 is 40.0 Å². The molecule has 0 radical (unpaired) electrons. The number of carbonyl (C=O) groups excluding carboxylic acids is 1. The van der Waals surface area contributed by atoms with Crippen molar-refractivity contribution in [2.24, 2.45) is 5.84 Å². The number of hydrogen-bond donors (Lipinski definition) is 3. The lowest BCUT2D eigenvalue weighted by atomic mass is 10.2. The minimum atomic E-state index is -0.196. The zero-order chi connectivity index (χ0) is 13.8. The number of nitrogens with one attached hydrogen (secondary N) is 2. The first kappa shape index (κ1) is 13.8. The van der Waals surface area contributed by atoms with Gasteiger partial charge < -0.3 is 10.7 Å². The highest BCUT2D eigenvalue weighted by Gasteiger charge is 2.07. The van der Waals surface area contributed by atoms with E-state index in [1.165, 1.54) is 11.8 Å². The number of pyridine rings is 1. The first-order chi connectivity index (χ1) is 9.10. The van der Waals surface area contributed by atoms with E-state index in [0.717, 1.165) is 9.26 Å². The molecule has 2 aromatic rings. The lowest BCUT2D eigenvalue weighted by molar-refractivity contribution is 0.102. The number of nitrogens with two attached hydrogens (primary N) is 1. The average molecular weight is 368 g/mol. The average Bonchev–Trinajstić information content (AvgIpc) is 2.43. The van der Waals surface area contributed by atoms with E-state index in [0.29, 0.717) is 11.4 Å². The second-order valence-electron chi connectivity index (χ2n) is 3.99. The van der Waals surface area contributed by atoms with Gasteiger partial charge in [-0.05, 0) is 59.3 Å².